The van der Waals surface area contributed by atoms with Crippen LogP contribution in [0, 0.1) is 6.92 Å². The number of hydrogen-bond donors (Lipinski definition) is 1. The molecule has 0 saturated carbocycles. The number of benzene rings is 1. The SMILES string of the molecule is CCc1ccc(Oc2ccc(N)cc2C)cn1. The average Bonchev–Trinajstić information content (AvgIpc) is 2.34. The average molecular weight is 228 g/mol. The Balaban J connectivity index is 2.19. The highest BCUT2D eigenvalue weighted by Crippen LogP contribution is 2.25. The van der Waals surface area contributed by atoms with Crippen LogP contribution in [0.15, 0.2) is 36.5 Å². The van der Waals surface area contributed by atoms with E-state index in [2.05, 4.69) is 11.9 Å². The van der Waals surface area contributed by atoms with Crippen LogP contribution < -0.4 is 10.5 Å². The van der Waals surface area contributed by atoms with Gasteiger partial charge in [0, 0.05) is 11.4 Å². The van der Waals surface area contributed by atoms with Crippen LogP contribution >= 0.6 is 0 Å². The predicted molar refractivity (Wildman–Crippen MR) is 69.3 cm³/mol. The molecule has 0 bridgehead atoms. The molecule has 1 heterocycles. The highest BCUT2D eigenvalue weighted by atomic mass is 16.5. The third-order valence-corrected chi connectivity index (χ3v) is 2.59. The summed E-state index contributed by atoms with van der Waals surface area (Å²) in [5, 5.41) is 0. The standard InChI is InChI=1S/C14H16N2O/c1-3-12-5-6-13(9-16-12)17-14-7-4-11(15)8-10(14)2/h4-9H,3,15H2,1-2H3. The molecule has 0 aliphatic heterocycles. The van der Waals surface area contributed by atoms with E-state index in [-0.39, 0.29) is 0 Å². The Labute approximate surface area is 101 Å². The second-order valence-electron chi connectivity index (χ2n) is 3.97. The minimum atomic E-state index is 0.745. The number of pyridine rings is 1. The summed E-state index contributed by atoms with van der Waals surface area (Å²) in [6.45, 7) is 4.05. The number of nitrogen functional groups attached to an aromatic ring is 1. The highest BCUT2D eigenvalue weighted by Gasteiger charge is 2.02. The summed E-state index contributed by atoms with van der Waals surface area (Å²) >= 11 is 0. The molecule has 2 rings (SSSR count). The van der Waals surface area contributed by atoms with Crippen LogP contribution in [0.5, 0.6) is 11.5 Å². The quantitative estimate of drug-likeness (QED) is 0.820. The first-order valence-electron chi connectivity index (χ1n) is 5.68. The number of aryl methyl sites for hydroxylation is 2. The van der Waals surface area contributed by atoms with Crippen molar-refractivity contribution in [1.29, 1.82) is 0 Å². The first kappa shape index (κ1) is 11.5. The van der Waals surface area contributed by atoms with Gasteiger partial charge < -0.3 is 10.5 Å². The van der Waals surface area contributed by atoms with E-state index in [9.17, 15) is 0 Å². The fraction of sp³-hybridized carbons (Fsp3) is 0.214. The third-order valence-electron chi connectivity index (χ3n) is 2.59. The van der Waals surface area contributed by atoms with Crippen molar-refractivity contribution >= 4 is 5.69 Å². The molecule has 88 valence electrons. The van der Waals surface area contributed by atoms with Gasteiger partial charge in [-0.15, -0.1) is 0 Å². The predicted octanol–water partition coefficient (Wildman–Crippen LogP) is 3.33. The Hall–Kier alpha value is -2.03. The molecular formula is C14H16N2O. The van der Waals surface area contributed by atoms with Crippen LogP contribution in [0.4, 0.5) is 5.69 Å². The molecule has 3 heteroatoms. The molecule has 0 fully saturated rings. The lowest BCUT2D eigenvalue weighted by Gasteiger charge is -2.09. The Bertz CT molecular complexity index is 506. The number of hydrogen-bond acceptors (Lipinski definition) is 3. The Morgan fingerprint density at radius 3 is 2.65 bits per heavy atom. The Kier molecular flexibility index (Phi) is 3.28. The van der Waals surface area contributed by atoms with Gasteiger partial charge in [-0.1, -0.05) is 6.92 Å². The zero-order valence-corrected chi connectivity index (χ0v) is 10.1. The fourth-order valence-electron chi connectivity index (χ4n) is 1.59. The molecule has 0 unspecified atom stereocenters. The van der Waals surface area contributed by atoms with Crippen LogP contribution in [-0.4, -0.2) is 4.98 Å². The second kappa shape index (κ2) is 4.87. The van der Waals surface area contributed by atoms with Gasteiger partial charge in [-0.25, -0.2) is 0 Å². The molecule has 0 aliphatic carbocycles. The molecule has 2 N–H and O–H groups in total. The van der Waals surface area contributed by atoms with Crippen molar-refractivity contribution in [2.24, 2.45) is 0 Å². The molecule has 0 saturated heterocycles. The van der Waals surface area contributed by atoms with Gasteiger partial charge >= 0.3 is 0 Å². The van der Waals surface area contributed by atoms with Gasteiger partial charge in [-0.2, -0.15) is 0 Å². The second-order valence-corrected chi connectivity index (χ2v) is 3.97. The highest BCUT2D eigenvalue weighted by molar-refractivity contribution is 5.48. The van der Waals surface area contributed by atoms with Gasteiger partial charge in [-0.05, 0) is 49.2 Å². The lowest BCUT2D eigenvalue weighted by molar-refractivity contribution is 0.476. The molecule has 0 aliphatic rings. The molecule has 0 spiro atoms. The summed E-state index contributed by atoms with van der Waals surface area (Å²) in [5.41, 5.74) is 8.52. The van der Waals surface area contributed by atoms with Crippen molar-refractivity contribution in [2.75, 3.05) is 5.73 Å². The lowest BCUT2D eigenvalue weighted by Crippen LogP contribution is -1.92. The van der Waals surface area contributed by atoms with Gasteiger partial charge in [-0.3, -0.25) is 4.98 Å². The maximum atomic E-state index is 5.75. The largest absolute Gasteiger partial charge is 0.455 e. The normalized spacial score (nSPS) is 10.2. The fourth-order valence-corrected chi connectivity index (χ4v) is 1.59. The molecule has 0 radical (unpaired) electrons. The first-order valence-corrected chi connectivity index (χ1v) is 5.68. The molecule has 17 heavy (non-hydrogen) atoms. The molecule has 2 aromatic rings. The van der Waals surface area contributed by atoms with Crippen LogP contribution in [0.1, 0.15) is 18.2 Å². The van der Waals surface area contributed by atoms with Gasteiger partial charge in [0.25, 0.3) is 0 Å². The molecule has 1 aromatic carbocycles. The number of anilines is 1. The zero-order valence-electron chi connectivity index (χ0n) is 10.1. The summed E-state index contributed by atoms with van der Waals surface area (Å²) < 4.78 is 5.75. The van der Waals surface area contributed by atoms with E-state index in [0.29, 0.717) is 0 Å². The molecule has 1 aromatic heterocycles. The summed E-state index contributed by atoms with van der Waals surface area (Å²) in [5.74, 6) is 1.56. The van der Waals surface area contributed by atoms with Crippen molar-refractivity contribution in [3.05, 3.63) is 47.8 Å². The topological polar surface area (TPSA) is 48.1 Å². The van der Waals surface area contributed by atoms with Crippen molar-refractivity contribution in [3.63, 3.8) is 0 Å². The van der Waals surface area contributed by atoms with E-state index in [1.165, 1.54) is 0 Å². The van der Waals surface area contributed by atoms with Crippen molar-refractivity contribution in [3.8, 4) is 11.5 Å². The van der Waals surface area contributed by atoms with E-state index in [1.54, 1.807) is 6.20 Å². The third kappa shape index (κ3) is 2.75. The number of nitrogens with two attached hydrogens (primary N) is 1. The summed E-state index contributed by atoms with van der Waals surface area (Å²) in [7, 11) is 0. The zero-order chi connectivity index (χ0) is 12.3. The van der Waals surface area contributed by atoms with Crippen molar-refractivity contribution < 1.29 is 4.74 Å². The minimum absolute atomic E-state index is 0.745. The summed E-state index contributed by atoms with van der Waals surface area (Å²) in [4.78, 5) is 4.29. The maximum Gasteiger partial charge on any atom is 0.145 e. The van der Waals surface area contributed by atoms with E-state index >= 15 is 0 Å². The van der Waals surface area contributed by atoms with Gasteiger partial charge in [0.15, 0.2) is 0 Å². The number of aromatic nitrogens is 1. The van der Waals surface area contributed by atoms with Crippen molar-refractivity contribution in [2.45, 2.75) is 20.3 Å². The minimum Gasteiger partial charge on any atom is -0.455 e. The van der Waals surface area contributed by atoms with E-state index in [1.807, 2.05) is 37.3 Å². The summed E-state index contributed by atoms with van der Waals surface area (Å²) in [6.07, 6.45) is 2.68. The van der Waals surface area contributed by atoms with Crippen molar-refractivity contribution in [1.82, 2.24) is 4.98 Å². The van der Waals surface area contributed by atoms with E-state index < -0.39 is 0 Å². The van der Waals surface area contributed by atoms with Crippen LogP contribution in [0.3, 0.4) is 0 Å². The van der Waals surface area contributed by atoms with E-state index in [0.717, 1.165) is 34.9 Å². The molecular weight excluding hydrogens is 212 g/mol. The van der Waals surface area contributed by atoms with E-state index in [4.69, 9.17) is 10.5 Å². The van der Waals surface area contributed by atoms with Gasteiger partial charge in [0.2, 0.25) is 0 Å². The Morgan fingerprint density at radius 1 is 1.24 bits per heavy atom. The summed E-state index contributed by atoms with van der Waals surface area (Å²) in [6, 6.07) is 9.50. The Morgan fingerprint density at radius 2 is 2.06 bits per heavy atom. The monoisotopic (exact) mass is 228 g/mol. The van der Waals surface area contributed by atoms with Gasteiger partial charge in [0.1, 0.15) is 11.5 Å². The van der Waals surface area contributed by atoms with Gasteiger partial charge in [0.05, 0.1) is 6.20 Å². The van der Waals surface area contributed by atoms with Crippen LogP contribution in [0.25, 0.3) is 0 Å². The molecule has 0 amide bonds. The molecule has 0 atom stereocenters. The van der Waals surface area contributed by atoms with Crippen LogP contribution in [-0.2, 0) is 6.42 Å². The smallest absolute Gasteiger partial charge is 0.145 e. The number of rotatable bonds is 3. The first-order chi connectivity index (χ1) is 8.19. The maximum absolute atomic E-state index is 5.75. The number of nitrogens with zero attached hydrogens (tertiary/aromatic N) is 1. The molecule has 3 nitrogen and oxygen atoms in total. The number of ether oxygens (including phenoxy) is 1. The lowest BCUT2D eigenvalue weighted by atomic mass is 10.2. The van der Waals surface area contributed by atoms with Crippen LogP contribution in [0.2, 0.25) is 0 Å².